The number of alkyl halides is 3. The van der Waals surface area contributed by atoms with E-state index in [9.17, 15) is 9.59 Å². The zero-order chi connectivity index (χ0) is 17.7. The minimum atomic E-state index is -2.15. The van der Waals surface area contributed by atoms with Gasteiger partial charge in [0.15, 0.2) is 0 Å². The summed E-state index contributed by atoms with van der Waals surface area (Å²) in [6, 6.07) is 6.46. The molecule has 1 unspecified atom stereocenters. The summed E-state index contributed by atoms with van der Waals surface area (Å²) in [5, 5.41) is 0.739. The number of ether oxygens (including phenoxy) is 2. The maximum atomic E-state index is 11.9. The van der Waals surface area contributed by atoms with Crippen molar-refractivity contribution in [2.24, 2.45) is 0 Å². The molecule has 0 saturated carbocycles. The fourth-order valence-electron chi connectivity index (χ4n) is 2.57. The van der Waals surface area contributed by atoms with Crippen molar-refractivity contribution in [3.05, 3.63) is 40.2 Å². The van der Waals surface area contributed by atoms with Crippen LogP contribution in [0.1, 0.15) is 19.4 Å². The van der Waals surface area contributed by atoms with Gasteiger partial charge in [-0.2, -0.15) is 0 Å². The molecule has 1 aliphatic heterocycles. The van der Waals surface area contributed by atoms with E-state index in [1.165, 1.54) is 6.07 Å². The number of rotatable bonds is 1. The van der Waals surface area contributed by atoms with Crippen LogP contribution in [0.3, 0.4) is 0 Å². The normalized spacial score (nSPS) is 19.5. The van der Waals surface area contributed by atoms with Crippen LogP contribution in [-0.2, 0) is 16.0 Å². The third kappa shape index (κ3) is 3.34. The van der Waals surface area contributed by atoms with Crippen LogP contribution >= 0.6 is 34.8 Å². The lowest BCUT2D eigenvalue weighted by atomic mass is 9.90. The van der Waals surface area contributed by atoms with Gasteiger partial charge in [0.1, 0.15) is 23.0 Å². The predicted octanol–water partition coefficient (Wildman–Crippen LogP) is 3.79. The summed E-state index contributed by atoms with van der Waals surface area (Å²) in [6.45, 7) is 3.52. The average molecular weight is 392 g/mol. The van der Waals surface area contributed by atoms with Gasteiger partial charge < -0.3 is 13.9 Å². The Morgan fingerprint density at radius 1 is 1.29 bits per heavy atom. The number of halogens is 3. The van der Waals surface area contributed by atoms with Crippen molar-refractivity contribution in [2.75, 3.05) is 0 Å². The van der Waals surface area contributed by atoms with Crippen molar-refractivity contribution in [3.63, 3.8) is 0 Å². The fourth-order valence-corrected chi connectivity index (χ4v) is 2.71. The lowest BCUT2D eigenvalue weighted by molar-refractivity contribution is -0.160. The predicted molar refractivity (Wildman–Crippen MR) is 91.1 cm³/mol. The van der Waals surface area contributed by atoms with Crippen LogP contribution in [0.5, 0.6) is 5.75 Å². The zero-order valence-electron chi connectivity index (χ0n) is 12.8. The summed E-state index contributed by atoms with van der Waals surface area (Å²) in [5.41, 5.74) is -0.0556. The highest BCUT2D eigenvalue weighted by Crippen LogP contribution is 2.38. The minimum Gasteiger partial charge on any atom is -0.484 e. The van der Waals surface area contributed by atoms with Crippen LogP contribution in [0.4, 0.5) is 0 Å². The fraction of sp³-hybridized carbons (Fsp3) is 0.375. The maximum Gasteiger partial charge on any atom is 0.358 e. The van der Waals surface area contributed by atoms with E-state index in [1.807, 2.05) is 6.07 Å². The van der Waals surface area contributed by atoms with Gasteiger partial charge in [0, 0.05) is 23.9 Å². The van der Waals surface area contributed by atoms with Gasteiger partial charge in [-0.25, -0.2) is 9.59 Å². The molecular weight excluding hydrogens is 379 g/mol. The number of hydrogen-bond acceptors (Lipinski definition) is 5. The molecule has 1 atom stereocenters. The number of benzene rings is 1. The quantitative estimate of drug-likeness (QED) is 0.420. The number of carbonyl (C=O) groups excluding carboxylic acids is 1. The van der Waals surface area contributed by atoms with Gasteiger partial charge in [0.05, 0.1) is 0 Å². The van der Waals surface area contributed by atoms with E-state index in [1.54, 1.807) is 26.0 Å². The van der Waals surface area contributed by atoms with Gasteiger partial charge in [-0.15, -0.1) is 0 Å². The zero-order valence-corrected chi connectivity index (χ0v) is 15.0. The van der Waals surface area contributed by atoms with E-state index in [-0.39, 0.29) is 0 Å². The second-order valence-corrected chi connectivity index (χ2v) is 8.33. The Hall–Kier alpha value is -1.43. The van der Waals surface area contributed by atoms with Crippen molar-refractivity contribution in [2.45, 2.75) is 35.8 Å². The molecule has 5 nitrogen and oxygen atoms in total. The molecule has 3 rings (SSSR count). The molecule has 2 heterocycles. The molecule has 0 spiro atoms. The summed E-state index contributed by atoms with van der Waals surface area (Å²) in [6.07, 6.45) is -0.259. The SMILES string of the molecule is CC1(C)Oc2cc3oc(=O)ccc3cc2CC1OC(=O)C(Cl)(Cl)Cl. The molecule has 0 bridgehead atoms. The van der Waals surface area contributed by atoms with E-state index in [4.69, 9.17) is 48.7 Å². The number of esters is 1. The lowest BCUT2D eigenvalue weighted by Crippen LogP contribution is -2.50. The molecule has 1 aromatic heterocycles. The molecule has 0 aliphatic carbocycles. The molecule has 0 amide bonds. The summed E-state index contributed by atoms with van der Waals surface area (Å²) in [4.78, 5) is 23.2. The Morgan fingerprint density at radius 2 is 2.00 bits per heavy atom. The van der Waals surface area contributed by atoms with Gasteiger partial charge in [0.25, 0.3) is 3.79 Å². The minimum absolute atomic E-state index is 0.379. The van der Waals surface area contributed by atoms with Gasteiger partial charge in [-0.1, -0.05) is 34.8 Å². The molecule has 0 fully saturated rings. The summed E-state index contributed by atoms with van der Waals surface area (Å²) < 4.78 is 14.3. The summed E-state index contributed by atoms with van der Waals surface area (Å²) in [5.74, 6) is -0.396. The van der Waals surface area contributed by atoms with Crippen LogP contribution < -0.4 is 10.4 Å². The molecular formula is C16H13Cl3O5. The first-order chi connectivity index (χ1) is 11.1. The molecule has 2 aromatic rings. The second kappa shape index (κ2) is 5.83. The Kier molecular flexibility index (Phi) is 4.22. The van der Waals surface area contributed by atoms with Crippen LogP contribution in [0.15, 0.2) is 33.5 Å². The maximum absolute atomic E-state index is 11.9. The molecule has 128 valence electrons. The lowest BCUT2D eigenvalue weighted by Gasteiger charge is -2.39. The van der Waals surface area contributed by atoms with Gasteiger partial charge >= 0.3 is 11.6 Å². The Morgan fingerprint density at radius 3 is 2.67 bits per heavy atom. The third-order valence-corrected chi connectivity index (χ3v) is 4.30. The van der Waals surface area contributed by atoms with E-state index in [0.29, 0.717) is 17.8 Å². The van der Waals surface area contributed by atoms with E-state index < -0.39 is 27.1 Å². The first-order valence-corrected chi connectivity index (χ1v) is 8.23. The van der Waals surface area contributed by atoms with Crippen molar-refractivity contribution >= 4 is 51.7 Å². The summed E-state index contributed by atoms with van der Waals surface area (Å²) in [7, 11) is 0. The molecule has 0 saturated heterocycles. The largest absolute Gasteiger partial charge is 0.484 e. The first kappa shape index (κ1) is 17.4. The molecule has 0 N–H and O–H groups in total. The molecule has 8 heteroatoms. The Bertz CT molecular complexity index is 866. The number of fused-ring (bicyclic) bond motifs is 2. The van der Waals surface area contributed by atoms with Crippen LogP contribution in [0.2, 0.25) is 0 Å². The first-order valence-electron chi connectivity index (χ1n) is 7.10. The number of hydrogen-bond donors (Lipinski definition) is 0. The van der Waals surface area contributed by atoms with Gasteiger partial charge in [-0.05, 0) is 31.5 Å². The highest BCUT2D eigenvalue weighted by Gasteiger charge is 2.43. The van der Waals surface area contributed by atoms with E-state index in [0.717, 1.165) is 10.9 Å². The highest BCUT2D eigenvalue weighted by molar-refractivity contribution is 6.75. The molecule has 0 radical (unpaired) electrons. The molecule has 1 aromatic carbocycles. The summed E-state index contributed by atoms with van der Waals surface area (Å²) >= 11 is 16.7. The standard InChI is InChI=1S/C16H13Cl3O5/c1-15(2)12(23-14(21)16(17,18)19)6-9-5-8-3-4-13(20)22-10(8)7-11(9)24-15/h3-5,7,12H,6H2,1-2H3. The van der Waals surface area contributed by atoms with Crippen LogP contribution in [0, 0.1) is 0 Å². The van der Waals surface area contributed by atoms with E-state index in [2.05, 4.69) is 0 Å². The second-order valence-electron chi connectivity index (χ2n) is 6.05. The number of carbonyl (C=O) groups is 1. The van der Waals surface area contributed by atoms with Crippen molar-refractivity contribution in [1.82, 2.24) is 0 Å². The highest BCUT2D eigenvalue weighted by atomic mass is 35.6. The Balaban J connectivity index is 1.97. The van der Waals surface area contributed by atoms with Gasteiger partial charge in [0.2, 0.25) is 0 Å². The van der Waals surface area contributed by atoms with Crippen LogP contribution in [-0.4, -0.2) is 21.5 Å². The third-order valence-electron chi connectivity index (χ3n) is 3.84. The Labute approximate surface area is 152 Å². The van der Waals surface area contributed by atoms with Crippen LogP contribution in [0.25, 0.3) is 11.0 Å². The molecule has 24 heavy (non-hydrogen) atoms. The van der Waals surface area contributed by atoms with Crippen molar-refractivity contribution < 1.29 is 18.7 Å². The monoisotopic (exact) mass is 390 g/mol. The average Bonchev–Trinajstić information content (AvgIpc) is 2.44. The van der Waals surface area contributed by atoms with Gasteiger partial charge in [-0.3, -0.25) is 0 Å². The van der Waals surface area contributed by atoms with E-state index >= 15 is 0 Å². The smallest absolute Gasteiger partial charge is 0.358 e. The van der Waals surface area contributed by atoms with Crippen molar-refractivity contribution in [3.8, 4) is 5.75 Å². The topological polar surface area (TPSA) is 65.7 Å². The molecule has 1 aliphatic rings. The van der Waals surface area contributed by atoms with Crippen molar-refractivity contribution in [1.29, 1.82) is 0 Å².